The number of carbonyl (C=O) groups is 2. The fourth-order valence-corrected chi connectivity index (χ4v) is 4.26. The van der Waals surface area contributed by atoms with Crippen molar-refractivity contribution in [1.82, 2.24) is 9.55 Å². The summed E-state index contributed by atoms with van der Waals surface area (Å²) in [6.45, 7) is 1.90. The Labute approximate surface area is 161 Å². The van der Waals surface area contributed by atoms with E-state index in [1.807, 2.05) is 67.1 Å². The second-order valence-corrected chi connectivity index (χ2v) is 7.56. The van der Waals surface area contributed by atoms with Gasteiger partial charge >= 0.3 is 0 Å². The van der Waals surface area contributed by atoms with Crippen LogP contribution in [0.1, 0.15) is 13.3 Å². The van der Waals surface area contributed by atoms with Crippen LogP contribution in [0.3, 0.4) is 0 Å². The van der Waals surface area contributed by atoms with E-state index in [-0.39, 0.29) is 30.0 Å². The third-order valence-electron chi connectivity index (χ3n) is 4.70. The summed E-state index contributed by atoms with van der Waals surface area (Å²) in [5, 5.41) is 3.68. The highest BCUT2D eigenvalue weighted by Gasteiger charge is 2.29. The second kappa shape index (κ2) is 7.08. The van der Waals surface area contributed by atoms with E-state index >= 15 is 0 Å². The van der Waals surface area contributed by atoms with Crippen LogP contribution in [-0.4, -0.2) is 33.2 Å². The molecule has 0 saturated heterocycles. The van der Waals surface area contributed by atoms with Gasteiger partial charge in [-0.05, 0) is 31.2 Å². The van der Waals surface area contributed by atoms with E-state index in [4.69, 9.17) is 0 Å². The van der Waals surface area contributed by atoms with E-state index in [1.165, 1.54) is 11.8 Å². The summed E-state index contributed by atoms with van der Waals surface area (Å²) >= 11 is 1.41. The molecule has 1 aromatic heterocycles. The van der Waals surface area contributed by atoms with Crippen molar-refractivity contribution in [3.63, 3.8) is 0 Å². The summed E-state index contributed by atoms with van der Waals surface area (Å²) in [6.07, 6.45) is 0.275. The molecule has 0 aliphatic carbocycles. The minimum absolute atomic E-state index is 0.0384. The second-order valence-electron chi connectivity index (χ2n) is 6.61. The lowest BCUT2D eigenvalue weighted by molar-refractivity contribution is -0.117. The smallest absolute Gasteiger partial charge is 0.237 e. The van der Waals surface area contributed by atoms with Gasteiger partial charge in [-0.15, -0.1) is 0 Å². The molecule has 6 nitrogen and oxygen atoms in total. The first kappa shape index (κ1) is 17.6. The van der Waals surface area contributed by atoms with Crippen LogP contribution in [0.25, 0.3) is 11.0 Å². The van der Waals surface area contributed by atoms with Crippen LogP contribution in [0.2, 0.25) is 0 Å². The molecule has 27 heavy (non-hydrogen) atoms. The molecule has 2 amide bonds. The number of carbonyl (C=O) groups excluding carboxylic acids is 2. The summed E-state index contributed by atoms with van der Waals surface area (Å²) in [5.41, 5.74) is 3.37. The number of aromatic nitrogens is 2. The molecule has 138 valence electrons. The Morgan fingerprint density at radius 3 is 2.78 bits per heavy atom. The van der Waals surface area contributed by atoms with Gasteiger partial charge < -0.3 is 14.8 Å². The number of hydrogen-bond donors (Lipinski definition) is 1. The predicted molar refractivity (Wildman–Crippen MR) is 108 cm³/mol. The molecular formula is C20H20N4O2S. The topological polar surface area (TPSA) is 67.2 Å². The summed E-state index contributed by atoms with van der Waals surface area (Å²) in [4.78, 5) is 31.5. The van der Waals surface area contributed by atoms with Crippen molar-refractivity contribution in [3.8, 4) is 0 Å². The standard InChI is InChI=1S/C20H20N4O2S/c1-13-11-18(25)21-15-8-4-6-10-17(15)24(13)19(26)12-27-20-22-14-7-3-5-9-16(14)23(20)2/h3-10,13H,11-12H2,1-2H3,(H,21,25). The van der Waals surface area contributed by atoms with Crippen molar-refractivity contribution in [3.05, 3.63) is 48.5 Å². The van der Waals surface area contributed by atoms with Gasteiger partial charge in [0.2, 0.25) is 11.8 Å². The highest BCUT2D eigenvalue weighted by molar-refractivity contribution is 7.99. The summed E-state index contributed by atoms with van der Waals surface area (Å²) in [7, 11) is 1.95. The number of imidazole rings is 1. The number of para-hydroxylation sites is 4. The molecule has 7 heteroatoms. The molecule has 2 aromatic carbocycles. The number of fused-ring (bicyclic) bond motifs is 2. The van der Waals surface area contributed by atoms with Crippen LogP contribution in [0.15, 0.2) is 53.7 Å². The van der Waals surface area contributed by atoms with E-state index in [0.717, 1.165) is 21.9 Å². The van der Waals surface area contributed by atoms with Crippen molar-refractivity contribution < 1.29 is 9.59 Å². The van der Waals surface area contributed by atoms with Gasteiger partial charge in [0.15, 0.2) is 5.16 Å². The minimum atomic E-state index is -0.206. The lowest BCUT2D eigenvalue weighted by atomic mass is 10.2. The Morgan fingerprint density at radius 2 is 1.96 bits per heavy atom. The number of nitrogens with one attached hydrogen (secondary N) is 1. The number of hydrogen-bond acceptors (Lipinski definition) is 4. The van der Waals surface area contributed by atoms with Crippen LogP contribution in [0.5, 0.6) is 0 Å². The Kier molecular flexibility index (Phi) is 4.61. The molecule has 2 heterocycles. The Bertz CT molecular complexity index is 1030. The number of benzene rings is 2. The Balaban J connectivity index is 1.58. The van der Waals surface area contributed by atoms with Gasteiger partial charge in [0.05, 0.1) is 28.2 Å². The molecular weight excluding hydrogens is 360 g/mol. The van der Waals surface area contributed by atoms with E-state index < -0.39 is 0 Å². The zero-order valence-corrected chi connectivity index (χ0v) is 16.0. The summed E-state index contributed by atoms with van der Waals surface area (Å²) in [5.74, 6) is 0.140. The largest absolute Gasteiger partial charge is 0.324 e. The van der Waals surface area contributed by atoms with Gasteiger partial charge in [-0.1, -0.05) is 36.0 Å². The fraction of sp³-hybridized carbons (Fsp3) is 0.250. The van der Waals surface area contributed by atoms with Gasteiger partial charge in [0.1, 0.15) is 0 Å². The highest BCUT2D eigenvalue weighted by Crippen LogP contribution is 2.32. The van der Waals surface area contributed by atoms with E-state index in [2.05, 4.69) is 10.3 Å². The molecule has 0 bridgehead atoms. The molecule has 4 rings (SSSR count). The third kappa shape index (κ3) is 3.30. The maximum atomic E-state index is 13.1. The summed E-state index contributed by atoms with van der Waals surface area (Å²) in [6, 6.07) is 15.1. The third-order valence-corrected chi connectivity index (χ3v) is 5.71. The lowest BCUT2D eigenvalue weighted by Gasteiger charge is -2.27. The van der Waals surface area contributed by atoms with Crippen molar-refractivity contribution in [2.75, 3.05) is 16.0 Å². The first-order valence-electron chi connectivity index (χ1n) is 8.80. The quantitative estimate of drug-likeness (QED) is 0.707. The molecule has 1 N–H and O–H groups in total. The van der Waals surface area contributed by atoms with Gasteiger partial charge in [-0.3, -0.25) is 9.59 Å². The van der Waals surface area contributed by atoms with Crippen LogP contribution in [-0.2, 0) is 16.6 Å². The Hall–Kier alpha value is -2.80. The molecule has 0 spiro atoms. The van der Waals surface area contributed by atoms with Crippen molar-refractivity contribution >= 4 is 46.0 Å². The maximum Gasteiger partial charge on any atom is 0.237 e. The number of thioether (sulfide) groups is 1. The molecule has 1 aliphatic rings. The van der Waals surface area contributed by atoms with Crippen LogP contribution in [0.4, 0.5) is 11.4 Å². The van der Waals surface area contributed by atoms with Gasteiger partial charge in [0, 0.05) is 19.5 Å². The molecule has 1 unspecified atom stereocenters. The predicted octanol–water partition coefficient (Wildman–Crippen LogP) is 3.43. The van der Waals surface area contributed by atoms with E-state index in [1.54, 1.807) is 4.90 Å². The SMILES string of the molecule is CC1CC(=O)Nc2ccccc2N1C(=O)CSc1nc2ccccc2n1C. The van der Waals surface area contributed by atoms with Crippen molar-refractivity contribution in [2.24, 2.45) is 7.05 Å². The van der Waals surface area contributed by atoms with E-state index in [9.17, 15) is 9.59 Å². The highest BCUT2D eigenvalue weighted by atomic mass is 32.2. The molecule has 1 aliphatic heterocycles. The average molecular weight is 380 g/mol. The van der Waals surface area contributed by atoms with Crippen LogP contribution in [0, 0.1) is 0 Å². The van der Waals surface area contributed by atoms with Gasteiger partial charge in [-0.2, -0.15) is 0 Å². The number of rotatable bonds is 3. The normalized spacial score (nSPS) is 16.7. The Morgan fingerprint density at radius 1 is 1.22 bits per heavy atom. The molecule has 1 atom stereocenters. The zero-order chi connectivity index (χ0) is 19.0. The molecule has 0 fully saturated rings. The zero-order valence-electron chi connectivity index (χ0n) is 15.2. The van der Waals surface area contributed by atoms with Crippen molar-refractivity contribution in [2.45, 2.75) is 24.5 Å². The van der Waals surface area contributed by atoms with Crippen LogP contribution < -0.4 is 10.2 Å². The number of amides is 2. The first-order valence-corrected chi connectivity index (χ1v) is 9.78. The fourth-order valence-electron chi connectivity index (χ4n) is 3.42. The van der Waals surface area contributed by atoms with E-state index in [0.29, 0.717) is 5.69 Å². The van der Waals surface area contributed by atoms with Crippen LogP contribution >= 0.6 is 11.8 Å². The number of nitrogens with zero attached hydrogens (tertiary/aromatic N) is 3. The maximum absolute atomic E-state index is 13.1. The van der Waals surface area contributed by atoms with Gasteiger partial charge in [-0.25, -0.2) is 4.98 Å². The number of aryl methyl sites for hydroxylation is 1. The monoisotopic (exact) mass is 380 g/mol. The lowest BCUT2D eigenvalue weighted by Crippen LogP contribution is -2.40. The first-order chi connectivity index (χ1) is 13.0. The summed E-state index contributed by atoms with van der Waals surface area (Å²) < 4.78 is 2.00. The minimum Gasteiger partial charge on any atom is -0.324 e. The molecule has 0 radical (unpaired) electrons. The number of anilines is 2. The molecule has 3 aromatic rings. The average Bonchev–Trinajstić information content (AvgIpc) is 2.90. The molecule has 0 saturated carbocycles. The van der Waals surface area contributed by atoms with Crippen molar-refractivity contribution in [1.29, 1.82) is 0 Å². The van der Waals surface area contributed by atoms with Gasteiger partial charge in [0.25, 0.3) is 0 Å².